The molecule has 1 aromatic rings. The van der Waals surface area contributed by atoms with E-state index in [1.165, 1.54) is 11.3 Å². The summed E-state index contributed by atoms with van der Waals surface area (Å²) in [5.41, 5.74) is 0. The van der Waals surface area contributed by atoms with Gasteiger partial charge in [-0.05, 0) is 30.8 Å². The number of hydrogen-bond donors (Lipinski definition) is 1. The van der Waals surface area contributed by atoms with E-state index in [4.69, 9.17) is 0 Å². The summed E-state index contributed by atoms with van der Waals surface area (Å²) in [4.78, 5) is 13.9. The molecule has 0 bridgehead atoms. The molecule has 5 nitrogen and oxygen atoms in total. The largest absolute Gasteiger partial charge is 0.324 e. The number of aryl methyl sites for hydroxylation is 1. The maximum Gasteiger partial charge on any atom is 0.323 e. The summed E-state index contributed by atoms with van der Waals surface area (Å²) < 4.78 is 0. The predicted molar refractivity (Wildman–Crippen MR) is 76.4 cm³/mol. The fraction of sp³-hybridized carbons (Fsp3) is 0.727. The number of carbonyl (C=O) groups excluding carboxylic acids is 1. The molecule has 1 aliphatic heterocycles. The van der Waals surface area contributed by atoms with Crippen molar-refractivity contribution in [3.63, 3.8) is 0 Å². The first-order valence-corrected chi connectivity index (χ1v) is 8.31. The second-order valence-corrected chi connectivity index (χ2v) is 6.31. The summed E-state index contributed by atoms with van der Waals surface area (Å²) in [6, 6.07) is -0.0441. The molecule has 0 saturated carbocycles. The van der Waals surface area contributed by atoms with Crippen LogP contribution in [0, 0.1) is 5.92 Å². The smallest absolute Gasteiger partial charge is 0.323 e. The highest BCUT2D eigenvalue weighted by molar-refractivity contribution is 7.98. The normalized spacial score (nSPS) is 19.2. The molecule has 0 radical (unpaired) electrons. The highest BCUT2D eigenvalue weighted by atomic mass is 32.2. The zero-order valence-electron chi connectivity index (χ0n) is 10.7. The number of nitrogens with one attached hydrogen (secondary N) is 1. The second kappa shape index (κ2) is 6.38. The third kappa shape index (κ3) is 3.35. The van der Waals surface area contributed by atoms with Gasteiger partial charge in [0.2, 0.25) is 5.13 Å². The van der Waals surface area contributed by atoms with E-state index >= 15 is 0 Å². The van der Waals surface area contributed by atoms with Gasteiger partial charge in [0, 0.05) is 13.1 Å². The number of urea groups is 1. The highest BCUT2D eigenvalue weighted by Crippen LogP contribution is 2.21. The Hall–Kier alpha value is -0.820. The Kier molecular flexibility index (Phi) is 4.82. The highest BCUT2D eigenvalue weighted by Gasteiger charge is 2.26. The van der Waals surface area contributed by atoms with E-state index in [2.05, 4.69) is 21.8 Å². The number of carbonyl (C=O) groups is 1. The van der Waals surface area contributed by atoms with Gasteiger partial charge in [0.05, 0.1) is 0 Å². The molecular weight excluding hydrogens is 268 g/mol. The standard InChI is InChI=1S/C11H18N4OS2/c1-3-9-13-14-10(18-9)12-11(16)15-5-4-8(6-15)7-17-2/h8H,3-7H2,1-2H3,(H,12,14,16). The van der Waals surface area contributed by atoms with Gasteiger partial charge < -0.3 is 4.90 Å². The third-order valence-corrected chi connectivity index (χ3v) is 4.75. The maximum absolute atomic E-state index is 12.0. The predicted octanol–water partition coefficient (Wildman–Crippen LogP) is 2.32. The minimum atomic E-state index is -0.0441. The van der Waals surface area contributed by atoms with E-state index in [9.17, 15) is 4.79 Å². The lowest BCUT2D eigenvalue weighted by Gasteiger charge is -2.15. The number of rotatable bonds is 4. The molecular formula is C11H18N4OS2. The Morgan fingerprint density at radius 2 is 2.44 bits per heavy atom. The van der Waals surface area contributed by atoms with E-state index in [1.807, 2.05) is 23.6 Å². The molecule has 18 heavy (non-hydrogen) atoms. The van der Waals surface area contributed by atoms with Crippen LogP contribution >= 0.6 is 23.1 Å². The molecule has 0 spiro atoms. The first-order chi connectivity index (χ1) is 8.72. The van der Waals surface area contributed by atoms with Crippen molar-refractivity contribution in [3.05, 3.63) is 5.01 Å². The van der Waals surface area contributed by atoms with Gasteiger partial charge in [-0.25, -0.2) is 4.79 Å². The van der Waals surface area contributed by atoms with Crippen LogP contribution in [0.15, 0.2) is 0 Å². The zero-order chi connectivity index (χ0) is 13.0. The number of aromatic nitrogens is 2. The average molecular weight is 286 g/mol. The minimum Gasteiger partial charge on any atom is -0.324 e. The molecule has 0 aromatic carbocycles. The molecule has 1 aromatic heterocycles. The summed E-state index contributed by atoms with van der Waals surface area (Å²) >= 11 is 3.29. The molecule has 2 rings (SSSR count). The van der Waals surface area contributed by atoms with Gasteiger partial charge >= 0.3 is 6.03 Å². The Labute approximate surface area is 115 Å². The van der Waals surface area contributed by atoms with E-state index in [1.54, 1.807) is 0 Å². The van der Waals surface area contributed by atoms with Crippen LogP contribution in [0.4, 0.5) is 9.93 Å². The average Bonchev–Trinajstić information content (AvgIpc) is 2.98. The Morgan fingerprint density at radius 1 is 1.61 bits per heavy atom. The lowest BCUT2D eigenvalue weighted by atomic mass is 10.2. The number of likely N-dealkylation sites (tertiary alicyclic amines) is 1. The van der Waals surface area contributed by atoms with Crippen LogP contribution in [0.3, 0.4) is 0 Å². The summed E-state index contributed by atoms with van der Waals surface area (Å²) in [5, 5.41) is 12.3. The fourth-order valence-corrected chi connectivity index (χ4v) is 3.42. The molecule has 7 heteroatoms. The summed E-state index contributed by atoms with van der Waals surface area (Å²) in [5.74, 6) is 1.76. The van der Waals surface area contributed by atoms with Crippen LogP contribution in [0.5, 0.6) is 0 Å². The number of thioether (sulfide) groups is 1. The Bertz CT molecular complexity index is 410. The lowest BCUT2D eigenvalue weighted by molar-refractivity contribution is 0.221. The zero-order valence-corrected chi connectivity index (χ0v) is 12.3. The van der Waals surface area contributed by atoms with Crippen molar-refractivity contribution in [2.45, 2.75) is 19.8 Å². The third-order valence-electron chi connectivity index (χ3n) is 2.96. The van der Waals surface area contributed by atoms with E-state index in [-0.39, 0.29) is 6.03 Å². The maximum atomic E-state index is 12.0. The van der Waals surface area contributed by atoms with Gasteiger partial charge in [-0.3, -0.25) is 5.32 Å². The van der Waals surface area contributed by atoms with Crippen LogP contribution in [-0.4, -0.2) is 46.2 Å². The van der Waals surface area contributed by atoms with E-state index in [0.717, 1.165) is 36.7 Å². The number of nitrogens with zero attached hydrogens (tertiary/aromatic N) is 3. The lowest BCUT2D eigenvalue weighted by Crippen LogP contribution is -2.33. The minimum absolute atomic E-state index is 0.0441. The number of anilines is 1. The van der Waals surface area contributed by atoms with Crippen molar-refractivity contribution in [2.75, 3.05) is 30.4 Å². The van der Waals surface area contributed by atoms with Gasteiger partial charge in [0.25, 0.3) is 0 Å². The molecule has 2 amide bonds. The second-order valence-electron chi connectivity index (χ2n) is 4.34. The van der Waals surface area contributed by atoms with Crippen molar-refractivity contribution in [2.24, 2.45) is 5.92 Å². The van der Waals surface area contributed by atoms with Crippen molar-refractivity contribution >= 4 is 34.3 Å². The summed E-state index contributed by atoms with van der Waals surface area (Å²) in [7, 11) is 0. The summed E-state index contributed by atoms with van der Waals surface area (Å²) in [6.45, 7) is 3.72. The van der Waals surface area contributed by atoms with Crippen molar-refractivity contribution < 1.29 is 4.79 Å². The molecule has 1 aliphatic rings. The van der Waals surface area contributed by atoms with Crippen LogP contribution in [0.1, 0.15) is 18.4 Å². The van der Waals surface area contributed by atoms with Gasteiger partial charge in [-0.15, -0.1) is 10.2 Å². The fourth-order valence-electron chi connectivity index (χ4n) is 2.01. The van der Waals surface area contributed by atoms with Crippen LogP contribution in [-0.2, 0) is 6.42 Å². The van der Waals surface area contributed by atoms with Crippen molar-refractivity contribution in [1.82, 2.24) is 15.1 Å². The molecule has 1 N–H and O–H groups in total. The molecule has 1 atom stereocenters. The van der Waals surface area contributed by atoms with Crippen molar-refractivity contribution in [1.29, 1.82) is 0 Å². The topological polar surface area (TPSA) is 58.1 Å². The Balaban J connectivity index is 1.85. The van der Waals surface area contributed by atoms with Crippen LogP contribution < -0.4 is 5.32 Å². The molecule has 2 heterocycles. The molecule has 100 valence electrons. The van der Waals surface area contributed by atoms with Gasteiger partial charge in [0.15, 0.2) is 0 Å². The van der Waals surface area contributed by atoms with Crippen molar-refractivity contribution in [3.8, 4) is 0 Å². The monoisotopic (exact) mass is 286 g/mol. The molecule has 1 fully saturated rings. The number of hydrogen-bond acceptors (Lipinski definition) is 5. The first kappa shape index (κ1) is 13.6. The van der Waals surface area contributed by atoms with Crippen LogP contribution in [0.2, 0.25) is 0 Å². The molecule has 0 aliphatic carbocycles. The molecule has 1 unspecified atom stereocenters. The summed E-state index contributed by atoms with van der Waals surface area (Å²) in [6.07, 6.45) is 4.06. The van der Waals surface area contributed by atoms with Gasteiger partial charge in [0.1, 0.15) is 5.01 Å². The van der Waals surface area contributed by atoms with E-state index < -0.39 is 0 Å². The van der Waals surface area contributed by atoms with E-state index in [0.29, 0.717) is 11.0 Å². The SMILES string of the molecule is CCc1nnc(NC(=O)N2CCC(CSC)C2)s1. The quantitative estimate of drug-likeness (QED) is 0.923. The van der Waals surface area contributed by atoms with Gasteiger partial charge in [-0.2, -0.15) is 11.8 Å². The van der Waals surface area contributed by atoms with Crippen LogP contribution in [0.25, 0.3) is 0 Å². The Morgan fingerprint density at radius 3 is 3.11 bits per heavy atom. The molecule has 1 saturated heterocycles. The number of amides is 2. The van der Waals surface area contributed by atoms with Gasteiger partial charge in [-0.1, -0.05) is 18.3 Å². The first-order valence-electron chi connectivity index (χ1n) is 6.10.